The Kier molecular flexibility index (Phi) is 3.87. The van der Waals surface area contributed by atoms with E-state index < -0.39 is 0 Å². The Morgan fingerprint density at radius 1 is 1.05 bits per heavy atom. The normalized spacial score (nSPS) is 11.9. The van der Waals surface area contributed by atoms with Crippen LogP contribution in [0, 0.1) is 0 Å². The van der Waals surface area contributed by atoms with Crippen LogP contribution in [0.1, 0.15) is 17.4 Å². The summed E-state index contributed by atoms with van der Waals surface area (Å²) in [6.07, 6.45) is 3.43. The molecule has 0 aliphatic carbocycles. The average Bonchev–Trinajstić information content (AvgIpc) is 3.08. The second-order valence-electron chi connectivity index (χ2n) is 4.59. The smallest absolute Gasteiger partial charge is 0.213 e. The van der Waals surface area contributed by atoms with E-state index in [-0.39, 0.29) is 6.04 Å². The molecule has 4 nitrogen and oxygen atoms in total. The first-order chi connectivity index (χ1) is 10.4. The predicted octanol–water partition coefficient (Wildman–Crippen LogP) is 3.88. The van der Waals surface area contributed by atoms with E-state index in [1.165, 1.54) is 0 Å². The van der Waals surface area contributed by atoms with Gasteiger partial charge in [-0.3, -0.25) is 0 Å². The van der Waals surface area contributed by atoms with Crippen LogP contribution in [0.5, 0.6) is 5.88 Å². The largest absolute Gasteiger partial charge is 0.481 e. The molecule has 2 heterocycles. The van der Waals surface area contributed by atoms with Gasteiger partial charge in [0.15, 0.2) is 0 Å². The third-order valence-corrected chi connectivity index (χ3v) is 3.22. The van der Waals surface area contributed by atoms with E-state index in [0.717, 1.165) is 17.0 Å². The molecule has 0 amide bonds. The van der Waals surface area contributed by atoms with Crippen molar-refractivity contribution in [1.82, 2.24) is 4.98 Å². The highest BCUT2D eigenvalue weighted by Gasteiger charge is 2.16. The third kappa shape index (κ3) is 3.05. The average molecular weight is 280 g/mol. The molecule has 21 heavy (non-hydrogen) atoms. The molecule has 1 N–H and O–H groups in total. The Morgan fingerprint density at radius 3 is 2.52 bits per heavy atom. The monoisotopic (exact) mass is 280 g/mol. The number of methoxy groups -OCH3 is 1. The van der Waals surface area contributed by atoms with E-state index >= 15 is 0 Å². The molecule has 0 saturated heterocycles. The van der Waals surface area contributed by atoms with Gasteiger partial charge in [-0.15, -0.1) is 0 Å². The number of furan rings is 1. The molecule has 4 heteroatoms. The standard InChI is InChI=1S/C17H16N2O2/c1-20-16-10-9-14(12-18-16)19-17(15-8-5-11-21-15)13-6-3-2-4-7-13/h2-12,17,19H,1H3. The van der Waals surface area contributed by atoms with Gasteiger partial charge in [0.2, 0.25) is 5.88 Å². The van der Waals surface area contributed by atoms with E-state index in [0.29, 0.717) is 5.88 Å². The number of nitrogens with one attached hydrogen (secondary N) is 1. The van der Waals surface area contributed by atoms with Crippen molar-refractivity contribution in [3.05, 3.63) is 78.4 Å². The van der Waals surface area contributed by atoms with Crippen molar-refractivity contribution < 1.29 is 9.15 Å². The van der Waals surface area contributed by atoms with E-state index in [2.05, 4.69) is 22.4 Å². The number of benzene rings is 1. The lowest BCUT2D eigenvalue weighted by Gasteiger charge is -2.18. The summed E-state index contributed by atoms with van der Waals surface area (Å²) in [5.41, 5.74) is 2.03. The van der Waals surface area contributed by atoms with Crippen molar-refractivity contribution in [1.29, 1.82) is 0 Å². The summed E-state index contributed by atoms with van der Waals surface area (Å²) in [4.78, 5) is 4.21. The fraction of sp³-hybridized carbons (Fsp3) is 0.118. The Labute approximate surface area is 123 Å². The minimum atomic E-state index is -0.0589. The lowest BCUT2D eigenvalue weighted by molar-refractivity contribution is 0.398. The number of hydrogen-bond donors (Lipinski definition) is 1. The number of rotatable bonds is 5. The maximum absolute atomic E-state index is 5.56. The Morgan fingerprint density at radius 2 is 1.90 bits per heavy atom. The first-order valence-corrected chi connectivity index (χ1v) is 6.72. The zero-order valence-corrected chi connectivity index (χ0v) is 11.7. The molecule has 1 aromatic carbocycles. The number of hydrogen-bond acceptors (Lipinski definition) is 4. The number of pyridine rings is 1. The van der Waals surface area contributed by atoms with Crippen molar-refractivity contribution >= 4 is 5.69 Å². The van der Waals surface area contributed by atoms with Crippen molar-refractivity contribution in [3.63, 3.8) is 0 Å². The third-order valence-electron chi connectivity index (χ3n) is 3.22. The molecule has 0 fully saturated rings. The summed E-state index contributed by atoms with van der Waals surface area (Å²) in [5, 5.41) is 3.44. The van der Waals surface area contributed by atoms with Crippen LogP contribution in [0.4, 0.5) is 5.69 Å². The highest BCUT2D eigenvalue weighted by molar-refractivity contribution is 5.47. The van der Waals surface area contributed by atoms with Gasteiger partial charge in [-0.25, -0.2) is 4.98 Å². The van der Waals surface area contributed by atoms with Crippen LogP contribution in [0.25, 0.3) is 0 Å². The van der Waals surface area contributed by atoms with Crippen LogP contribution in [0.3, 0.4) is 0 Å². The summed E-state index contributed by atoms with van der Waals surface area (Å²) >= 11 is 0. The van der Waals surface area contributed by atoms with E-state index in [9.17, 15) is 0 Å². The maximum Gasteiger partial charge on any atom is 0.213 e. The number of nitrogens with zero attached hydrogens (tertiary/aromatic N) is 1. The molecular formula is C17H16N2O2. The van der Waals surface area contributed by atoms with Gasteiger partial charge in [-0.2, -0.15) is 0 Å². The van der Waals surface area contributed by atoms with Crippen LogP contribution >= 0.6 is 0 Å². The summed E-state index contributed by atoms with van der Waals surface area (Å²) < 4.78 is 10.6. The first kappa shape index (κ1) is 13.2. The lowest BCUT2D eigenvalue weighted by atomic mass is 10.0. The van der Waals surface area contributed by atoms with Gasteiger partial charge >= 0.3 is 0 Å². The molecule has 1 atom stereocenters. The SMILES string of the molecule is COc1ccc(NC(c2ccccc2)c2ccco2)cn1. The Balaban J connectivity index is 1.89. The summed E-state index contributed by atoms with van der Waals surface area (Å²) in [5.74, 6) is 1.45. The lowest BCUT2D eigenvalue weighted by Crippen LogP contribution is -2.11. The summed E-state index contributed by atoms with van der Waals surface area (Å²) in [6.45, 7) is 0. The number of aromatic nitrogens is 1. The highest BCUT2D eigenvalue weighted by atomic mass is 16.5. The maximum atomic E-state index is 5.56. The van der Waals surface area contributed by atoms with Crippen molar-refractivity contribution in [2.75, 3.05) is 12.4 Å². The molecule has 106 valence electrons. The second kappa shape index (κ2) is 6.13. The molecule has 0 saturated carbocycles. The fourth-order valence-electron chi connectivity index (χ4n) is 2.17. The molecule has 0 aliphatic heterocycles. The minimum absolute atomic E-state index is 0.0589. The molecule has 3 aromatic rings. The van der Waals surface area contributed by atoms with E-state index in [4.69, 9.17) is 9.15 Å². The van der Waals surface area contributed by atoms with Crippen LogP contribution in [0.15, 0.2) is 71.5 Å². The van der Waals surface area contributed by atoms with Crippen LogP contribution < -0.4 is 10.1 Å². The fourth-order valence-corrected chi connectivity index (χ4v) is 2.17. The van der Waals surface area contributed by atoms with Gasteiger partial charge in [0.05, 0.1) is 25.3 Å². The molecule has 0 spiro atoms. The van der Waals surface area contributed by atoms with Gasteiger partial charge < -0.3 is 14.5 Å². The summed E-state index contributed by atoms with van der Waals surface area (Å²) in [6, 6.07) is 17.7. The van der Waals surface area contributed by atoms with Gasteiger partial charge in [-0.05, 0) is 23.8 Å². The minimum Gasteiger partial charge on any atom is -0.481 e. The molecule has 1 unspecified atom stereocenters. The molecule has 0 radical (unpaired) electrons. The second-order valence-corrected chi connectivity index (χ2v) is 4.59. The Bertz CT molecular complexity index is 664. The molecule has 3 rings (SSSR count). The number of ether oxygens (including phenoxy) is 1. The summed E-state index contributed by atoms with van der Waals surface area (Å²) in [7, 11) is 1.60. The van der Waals surface area contributed by atoms with Crippen molar-refractivity contribution in [3.8, 4) is 5.88 Å². The van der Waals surface area contributed by atoms with Crippen molar-refractivity contribution in [2.45, 2.75) is 6.04 Å². The van der Waals surface area contributed by atoms with E-state index in [1.807, 2.05) is 42.5 Å². The quantitative estimate of drug-likeness (QED) is 0.770. The number of anilines is 1. The first-order valence-electron chi connectivity index (χ1n) is 6.72. The van der Waals surface area contributed by atoms with Gasteiger partial charge in [0.25, 0.3) is 0 Å². The predicted molar refractivity (Wildman–Crippen MR) is 81.4 cm³/mol. The van der Waals surface area contributed by atoms with Crippen LogP contribution in [-0.2, 0) is 0 Å². The zero-order chi connectivity index (χ0) is 14.5. The molecule has 2 aromatic heterocycles. The van der Waals surface area contributed by atoms with Gasteiger partial charge in [-0.1, -0.05) is 30.3 Å². The van der Waals surface area contributed by atoms with Crippen LogP contribution in [-0.4, -0.2) is 12.1 Å². The molecular weight excluding hydrogens is 264 g/mol. The van der Waals surface area contributed by atoms with Crippen molar-refractivity contribution in [2.24, 2.45) is 0 Å². The zero-order valence-electron chi connectivity index (χ0n) is 11.7. The molecule has 0 aliphatic rings. The Hall–Kier alpha value is -2.75. The molecule has 0 bridgehead atoms. The van der Waals surface area contributed by atoms with Crippen LogP contribution in [0.2, 0.25) is 0 Å². The van der Waals surface area contributed by atoms with E-state index in [1.54, 1.807) is 19.6 Å². The van der Waals surface area contributed by atoms with Gasteiger partial charge in [0.1, 0.15) is 11.8 Å². The highest BCUT2D eigenvalue weighted by Crippen LogP contribution is 2.27. The topological polar surface area (TPSA) is 47.3 Å². The van der Waals surface area contributed by atoms with Gasteiger partial charge in [0, 0.05) is 6.07 Å².